The van der Waals surface area contributed by atoms with Gasteiger partial charge in [0.15, 0.2) is 0 Å². The molecule has 0 spiro atoms. The van der Waals surface area contributed by atoms with Crippen LogP contribution in [-0.4, -0.2) is 24.0 Å². The fourth-order valence-electron chi connectivity index (χ4n) is 3.00. The van der Waals surface area contributed by atoms with Crippen LogP contribution in [0.1, 0.15) is 55.1 Å². The zero-order valence-electron chi connectivity index (χ0n) is 13.0. The summed E-state index contributed by atoms with van der Waals surface area (Å²) in [5, 5.41) is 6.34. The quantitative estimate of drug-likeness (QED) is 0.810. The van der Waals surface area contributed by atoms with Crippen molar-refractivity contribution in [2.75, 3.05) is 12.4 Å². The van der Waals surface area contributed by atoms with E-state index in [0.29, 0.717) is 6.04 Å². The zero-order chi connectivity index (χ0) is 14.8. The Morgan fingerprint density at radius 1 is 1.29 bits per heavy atom. The van der Waals surface area contributed by atoms with Gasteiger partial charge in [-0.3, -0.25) is 4.79 Å². The Hall–Kier alpha value is -1.58. The van der Waals surface area contributed by atoms with Crippen molar-refractivity contribution >= 4 is 11.7 Å². The van der Waals surface area contributed by atoms with Crippen molar-refractivity contribution in [3.63, 3.8) is 0 Å². The van der Waals surface area contributed by atoms with Crippen molar-refractivity contribution in [3.05, 3.63) is 23.4 Å². The third kappa shape index (κ3) is 3.55. The maximum absolute atomic E-state index is 12.6. The molecule has 4 nitrogen and oxygen atoms in total. The average molecular weight is 287 g/mol. The first-order valence-corrected chi connectivity index (χ1v) is 8.21. The standard InChI is InChI=1S/C17H25N3O/c1-3-4-14-9-13(10-15(18-2)19-14)17(21)20-16(11-5-6-11)12-7-8-12/h9-12,16H,3-8H2,1-2H3,(H,18,19)(H,20,21). The van der Waals surface area contributed by atoms with Gasteiger partial charge in [0.1, 0.15) is 5.82 Å². The van der Waals surface area contributed by atoms with Crippen molar-refractivity contribution in [3.8, 4) is 0 Å². The molecule has 0 aromatic carbocycles. The van der Waals surface area contributed by atoms with E-state index in [1.54, 1.807) is 0 Å². The average Bonchev–Trinajstić information content (AvgIpc) is 3.38. The summed E-state index contributed by atoms with van der Waals surface area (Å²) in [7, 11) is 1.84. The minimum atomic E-state index is 0.0649. The topological polar surface area (TPSA) is 54.0 Å². The first-order valence-electron chi connectivity index (χ1n) is 8.21. The molecule has 1 aromatic rings. The van der Waals surface area contributed by atoms with E-state index >= 15 is 0 Å². The number of aryl methyl sites for hydroxylation is 1. The third-order valence-corrected chi connectivity index (χ3v) is 4.46. The Balaban J connectivity index is 1.74. The lowest BCUT2D eigenvalue weighted by molar-refractivity contribution is 0.0926. The number of rotatable bonds is 7. The molecule has 2 aliphatic carbocycles. The number of pyridine rings is 1. The van der Waals surface area contributed by atoms with Gasteiger partial charge in [0.05, 0.1) is 0 Å². The molecule has 2 N–H and O–H groups in total. The van der Waals surface area contributed by atoms with E-state index in [9.17, 15) is 4.79 Å². The Morgan fingerprint density at radius 3 is 2.48 bits per heavy atom. The fourth-order valence-corrected chi connectivity index (χ4v) is 3.00. The van der Waals surface area contributed by atoms with Crippen molar-refractivity contribution in [2.45, 2.75) is 51.5 Å². The summed E-state index contributed by atoms with van der Waals surface area (Å²) in [5.41, 5.74) is 1.73. The van der Waals surface area contributed by atoms with Crippen LogP contribution in [0.4, 0.5) is 5.82 Å². The van der Waals surface area contributed by atoms with Gasteiger partial charge in [-0.05, 0) is 56.1 Å². The molecular formula is C17H25N3O. The molecule has 1 amide bonds. The molecule has 2 saturated carbocycles. The Kier molecular flexibility index (Phi) is 4.13. The highest BCUT2D eigenvalue weighted by Crippen LogP contribution is 2.44. The number of amides is 1. The van der Waals surface area contributed by atoms with Gasteiger partial charge in [0, 0.05) is 24.3 Å². The second-order valence-corrected chi connectivity index (χ2v) is 6.41. The number of nitrogens with zero attached hydrogens (tertiary/aromatic N) is 1. The van der Waals surface area contributed by atoms with Crippen molar-refractivity contribution in [1.82, 2.24) is 10.3 Å². The summed E-state index contributed by atoms with van der Waals surface area (Å²) < 4.78 is 0. The molecule has 1 aromatic heterocycles. The lowest BCUT2D eigenvalue weighted by atomic mass is 10.1. The van der Waals surface area contributed by atoms with E-state index in [-0.39, 0.29) is 5.91 Å². The number of hydrogen-bond acceptors (Lipinski definition) is 3. The highest BCUT2D eigenvalue weighted by atomic mass is 16.1. The summed E-state index contributed by atoms with van der Waals surface area (Å²) in [4.78, 5) is 17.1. The second kappa shape index (κ2) is 6.04. The van der Waals surface area contributed by atoms with Crippen molar-refractivity contribution < 1.29 is 4.79 Å². The first-order chi connectivity index (χ1) is 10.2. The molecule has 2 aliphatic rings. The molecule has 0 aliphatic heterocycles. The smallest absolute Gasteiger partial charge is 0.251 e. The van der Waals surface area contributed by atoms with Gasteiger partial charge in [-0.2, -0.15) is 0 Å². The molecule has 21 heavy (non-hydrogen) atoms. The number of nitrogens with one attached hydrogen (secondary N) is 2. The maximum Gasteiger partial charge on any atom is 0.251 e. The Bertz CT molecular complexity index is 509. The summed E-state index contributed by atoms with van der Waals surface area (Å²) in [6.07, 6.45) is 7.06. The third-order valence-electron chi connectivity index (χ3n) is 4.46. The van der Waals surface area contributed by atoms with Crippen LogP contribution in [0, 0.1) is 11.8 Å². The highest BCUT2D eigenvalue weighted by molar-refractivity contribution is 5.95. The van der Waals surface area contributed by atoms with Crippen molar-refractivity contribution in [1.29, 1.82) is 0 Å². The predicted octanol–water partition coefficient (Wildman–Crippen LogP) is 2.99. The maximum atomic E-state index is 12.6. The molecule has 2 fully saturated rings. The predicted molar refractivity (Wildman–Crippen MR) is 84.5 cm³/mol. The van der Waals surface area contributed by atoms with Crippen LogP contribution >= 0.6 is 0 Å². The fraction of sp³-hybridized carbons (Fsp3) is 0.647. The van der Waals surface area contributed by atoms with Crippen LogP contribution in [0.5, 0.6) is 0 Å². The van der Waals surface area contributed by atoms with Gasteiger partial charge >= 0.3 is 0 Å². The van der Waals surface area contributed by atoms with E-state index in [4.69, 9.17) is 0 Å². The van der Waals surface area contributed by atoms with Gasteiger partial charge in [0.25, 0.3) is 5.91 Å². The van der Waals surface area contributed by atoms with E-state index in [0.717, 1.165) is 41.8 Å². The molecule has 1 heterocycles. The number of carbonyl (C=O) groups is 1. The van der Waals surface area contributed by atoms with Crippen LogP contribution in [0.3, 0.4) is 0 Å². The SMILES string of the molecule is CCCc1cc(C(=O)NC(C2CC2)C2CC2)cc(NC)n1. The van der Waals surface area contributed by atoms with Gasteiger partial charge in [-0.1, -0.05) is 13.3 Å². The number of carbonyl (C=O) groups excluding carboxylic acids is 1. The van der Waals surface area contributed by atoms with Gasteiger partial charge in [-0.25, -0.2) is 4.98 Å². The largest absolute Gasteiger partial charge is 0.373 e. The van der Waals surface area contributed by atoms with Crippen molar-refractivity contribution in [2.24, 2.45) is 11.8 Å². The molecule has 0 radical (unpaired) electrons. The van der Waals surface area contributed by atoms with Crippen LogP contribution < -0.4 is 10.6 Å². The number of aromatic nitrogens is 1. The molecule has 0 unspecified atom stereocenters. The Labute approximate surface area is 126 Å². The molecule has 3 rings (SSSR count). The minimum Gasteiger partial charge on any atom is -0.373 e. The van der Waals surface area contributed by atoms with Gasteiger partial charge in [0.2, 0.25) is 0 Å². The normalized spacial score (nSPS) is 17.9. The lowest BCUT2D eigenvalue weighted by Gasteiger charge is -2.18. The monoisotopic (exact) mass is 287 g/mol. The summed E-state index contributed by atoms with van der Waals surface area (Å²) in [6.45, 7) is 2.13. The summed E-state index contributed by atoms with van der Waals surface area (Å²) in [5.74, 6) is 2.29. The highest BCUT2D eigenvalue weighted by Gasteiger charge is 2.42. The molecule has 0 atom stereocenters. The van der Waals surface area contributed by atoms with Crippen LogP contribution in [-0.2, 0) is 6.42 Å². The van der Waals surface area contributed by atoms with E-state index in [1.165, 1.54) is 25.7 Å². The van der Waals surface area contributed by atoms with E-state index in [1.807, 2.05) is 19.2 Å². The number of hydrogen-bond donors (Lipinski definition) is 2. The second-order valence-electron chi connectivity index (χ2n) is 6.41. The molecule has 4 heteroatoms. The van der Waals surface area contributed by atoms with Crippen LogP contribution in [0.15, 0.2) is 12.1 Å². The van der Waals surface area contributed by atoms with Gasteiger partial charge < -0.3 is 10.6 Å². The zero-order valence-corrected chi connectivity index (χ0v) is 13.0. The van der Waals surface area contributed by atoms with Crippen LogP contribution in [0.2, 0.25) is 0 Å². The van der Waals surface area contributed by atoms with Gasteiger partial charge in [-0.15, -0.1) is 0 Å². The van der Waals surface area contributed by atoms with E-state index < -0.39 is 0 Å². The Morgan fingerprint density at radius 2 is 1.95 bits per heavy atom. The number of anilines is 1. The molecule has 0 saturated heterocycles. The minimum absolute atomic E-state index is 0.0649. The van der Waals surface area contributed by atoms with Crippen LogP contribution in [0.25, 0.3) is 0 Å². The summed E-state index contributed by atoms with van der Waals surface area (Å²) >= 11 is 0. The first kappa shape index (κ1) is 14.4. The molecule has 114 valence electrons. The molecular weight excluding hydrogens is 262 g/mol. The summed E-state index contributed by atoms with van der Waals surface area (Å²) in [6, 6.07) is 4.19. The molecule has 0 bridgehead atoms. The lowest BCUT2D eigenvalue weighted by Crippen LogP contribution is -2.38. The van der Waals surface area contributed by atoms with E-state index in [2.05, 4.69) is 22.5 Å².